The Labute approximate surface area is 89.9 Å². The summed E-state index contributed by atoms with van der Waals surface area (Å²) in [6.45, 7) is 0. The van der Waals surface area contributed by atoms with E-state index in [0.29, 0.717) is 0 Å². The molecule has 1 unspecified atom stereocenters. The quantitative estimate of drug-likeness (QED) is 0.734. The molecule has 0 aromatic carbocycles. The highest BCUT2D eigenvalue weighted by atomic mass is 79.9. The standard InChI is InChI=1S/C9H11BrS2/c10-8-4-9(12-6-8)7-2-1-3-11-5-7/h4,6-7H,1-3,5H2. The molecule has 1 aromatic heterocycles. The molecule has 1 aliphatic heterocycles. The number of hydrogen-bond donors (Lipinski definition) is 0. The molecule has 0 saturated carbocycles. The van der Waals surface area contributed by atoms with Gasteiger partial charge in [-0.2, -0.15) is 11.8 Å². The van der Waals surface area contributed by atoms with Gasteiger partial charge < -0.3 is 0 Å². The first kappa shape index (κ1) is 9.10. The minimum absolute atomic E-state index is 0.833. The maximum absolute atomic E-state index is 3.50. The normalized spacial score (nSPS) is 24.2. The summed E-state index contributed by atoms with van der Waals surface area (Å²) in [5, 5.41) is 2.19. The van der Waals surface area contributed by atoms with Gasteiger partial charge in [0, 0.05) is 26.4 Å². The van der Waals surface area contributed by atoms with E-state index in [1.165, 1.54) is 28.8 Å². The molecule has 0 amide bonds. The zero-order chi connectivity index (χ0) is 8.39. The lowest BCUT2D eigenvalue weighted by Crippen LogP contribution is -2.06. The number of thioether (sulfide) groups is 1. The second-order valence-electron chi connectivity index (χ2n) is 3.08. The minimum Gasteiger partial charge on any atom is -0.161 e. The molecule has 0 bridgehead atoms. The van der Waals surface area contributed by atoms with Gasteiger partial charge in [-0.3, -0.25) is 0 Å². The predicted octanol–water partition coefficient (Wildman–Crippen LogP) is 4.12. The van der Waals surface area contributed by atoms with Gasteiger partial charge in [0.2, 0.25) is 0 Å². The SMILES string of the molecule is Brc1csc(C2CCCSC2)c1. The monoisotopic (exact) mass is 262 g/mol. The molecule has 1 saturated heterocycles. The smallest absolute Gasteiger partial charge is 0.0285 e. The average Bonchev–Trinajstić information content (AvgIpc) is 2.54. The summed E-state index contributed by atoms with van der Waals surface area (Å²) >= 11 is 7.50. The zero-order valence-electron chi connectivity index (χ0n) is 6.75. The van der Waals surface area contributed by atoms with Crippen molar-refractivity contribution in [2.45, 2.75) is 18.8 Å². The van der Waals surface area contributed by atoms with Crippen molar-refractivity contribution < 1.29 is 0 Å². The van der Waals surface area contributed by atoms with Crippen LogP contribution in [0.2, 0.25) is 0 Å². The van der Waals surface area contributed by atoms with Crippen LogP contribution in [0.1, 0.15) is 23.6 Å². The van der Waals surface area contributed by atoms with Gasteiger partial charge in [0.05, 0.1) is 0 Å². The minimum atomic E-state index is 0.833. The number of hydrogen-bond acceptors (Lipinski definition) is 2. The van der Waals surface area contributed by atoms with Crippen LogP contribution < -0.4 is 0 Å². The van der Waals surface area contributed by atoms with Crippen molar-refractivity contribution in [3.63, 3.8) is 0 Å². The lowest BCUT2D eigenvalue weighted by Gasteiger charge is -2.19. The van der Waals surface area contributed by atoms with E-state index in [2.05, 4.69) is 39.1 Å². The van der Waals surface area contributed by atoms with Crippen LogP contribution in [0, 0.1) is 0 Å². The Hall–Kier alpha value is 0.530. The van der Waals surface area contributed by atoms with Crippen LogP contribution in [0.3, 0.4) is 0 Å². The van der Waals surface area contributed by atoms with Crippen molar-refractivity contribution in [3.8, 4) is 0 Å². The topological polar surface area (TPSA) is 0 Å². The summed E-state index contributed by atoms with van der Waals surface area (Å²) in [6.07, 6.45) is 2.78. The summed E-state index contributed by atoms with van der Waals surface area (Å²) in [7, 11) is 0. The van der Waals surface area contributed by atoms with E-state index in [4.69, 9.17) is 0 Å². The van der Waals surface area contributed by atoms with Crippen molar-refractivity contribution in [2.75, 3.05) is 11.5 Å². The molecule has 2 rings (SSSR count). The molecule has 12 heavy (non-hydrogen) atoms. The Kier molecular flexibility index (Phi) is 3.15. The molecule has 0 N–H and O–H groups in total. The van der Waals surface area contributed by atoms with Crippen LogP contribution in [-0.2, 0) is 0 Å². The van der Waals surface area contributed by atoms with Gasteiger partial charge in [0.25, 0.3) is 0 Å². The van der Waals surface area contributed by atoms with Crippen molar-refractivity contribution in [1.82, 2.24) is 0 Å². The first-order valence-corrected chi connectivity index (χ1v) is 7.00. The molecule has 0 aliphatic carbocycles. The molecule has 0 spiro atoms. The number of rotatable bonds is 1. The molecule has 3 heteroatoms. The maximum Gasteiger partial charge on any atom is 0.0285 e. The van der Waals surface area contributed by atoms with E-state index in [1.807, 2.05) is 11.3 Å². The molecule has 1 atom stereocenters. The van der Waals surface area contributed by atoms with Gasteiger partial charge >= 0.3 is 0 Å². The maximum atomic E-state index is 3.50. The first-order chi connectivity index (χ1) is 5.86. The first-order valence-electron chi connectivity index (χ1n) is 4.18. The Bertz CT molecular complexity index is 251. The highest BCUT2D eigenvalue weighted by Gasteiger charge is 2.16. The van der Waals surface area contributed by atoms with Gasteiger partial charge in [0.15, 0.2) is 0 Å². The largest absolute Gasteiger partial charge is 0.161 e. The summed E-state index contributed by atoms with van der Waals surface area (Å²) < 4.78 is 1.25. The third kappa shape index (κ3) is 2.06. The molecule has 1 aromatic rings. The van der Waals surface area contributed by atoms with Crippen molar-refractivity contribution in [2.24, 2.45) is 0 Å². The van der Waals surface area contributed by atoms with Gasteiger partial charge in [0.1, 0.15) is 0 Å². The van der Waals surface area contributed by atoms with Crippen LogP contribution in [0.15, 0.2) is 15.9 Å². The van der Waals surface area contributed by atoms with Crippen LogP contribution in [0.5, 0.6) is 0 Å². The van der Waals surface area contributed by atoms with E-state index < -0.39 is 0 Å². The summed E-state index contributed by atoms with van der Waals surface area (Å²) in [6, 6.07) is 2.28. The Morgan fingerprint density at radius 2 is 2.42 bits per heavy atom. The molecule has 2 heterocycles. The molecular weight excluding hydrogens is 252 g/mol. The highest BCUT2D eigenvalue weighted by Crippen LogP contribution is 2.35. The average molecular weight is 263 g/mol. The molecule has 1 fully saturated rings. The predicted molar refractivity (Wildman–Crippen MR) is 61.3 cm³/mol. The number of halogens is 1. The lowest BCUT2D eigenvalue weighted by atomic mass is 10.0. The van der Waals surface area contributed by atoms with Gasteiger partial charge in [-0.05, 0) is 40.6 Å². The summed E-state index contributed by atoms with van der Waals surface area (Å²) in [5.41, 5.74) is 0. The van der Waals surface area contributed by atoms with E-state index in [1.54, 1.807) is 4.88 Å². The summed E-state index contributed by atoms with van der Waals surface area (Å²) in [4.78, 5) is 1.56. The van der Waals surface area contributed by atoms with Gasteiger partial charge in [-0.1, -0.05) is 0 Å². The molecule has 1 aliphatic rings. The zero-order valence-corrected chi connectivity index (χ0v) is 9.97. The number of thiophene rings is 1. The fourth-order valence-electron chi connectivity index (χ4n) is 1.51. The van der Waals surface area contributed by atoms with Crippen LogP contribution in [0.25, 0.3) is 0 Å². The molecule has 0 radical (unpaired) electrons. The van der Waals surface area contributed by atoms with Gasteiger partial charge in [-0.15, -0.1) is 11.3 Å². The van der Waals surface area contributed by atoms with E-state index >= 15 is 0 Å². The second kappa shape index (κ2) is 4.16. The molecule has 66 valence electrons. The Balaban J connectivity index is 2.08. The fourth-order valence-corrected chi connectivity index (χ4v) is 4.37. The van der Waals surface area contributed by atoms with E-state index in [9.17, 15) is 0 Å². The Morgan fingerprint density at radius 1 is 1.50 bits per heavy atom. The van der Waals surface area contributed by atoms with E-state index in [-0.39, 0.29) is 0 Å². The van der Waals surface area contributed by atoms with E-state index in [0.717, 1.165) is 5.92 Å². The highest BCUT2D eigenvalue weighted by molar-refractivity contribution is 9.10. The van der Waals surface area contributed by atoms with Crippen LogP contribution in [-0.4, -0.2) is 11.5 Å². The van der Waals surface area contributed by atoms with Crippen molar-refractivity contribution in [3.05, 3.63) is 20.8 Å². The Morgan fingerprint density at radius 3 is 3.00 bits per heavy atom. The lowest BCUT2D eigenvalue weighted by molar-refractivity contribution is 0.670. The van der Waals surface area contributed by atoms with Crippen molar-refractivity contribution in [1.29, 1.82) is 0 Å². The second-order valence-corrected chi connectivity index (χ2v) is 6.09. The van der Waals surface area contributed by atoms with Gasteiger partial charge in [-0.25, -0.2) is 0 Å². The summed E-state index contributed by atoms with van der Waals surface area (Å²) in [5.74, 6) is 3.52. The third-order valence-electron chi connectivity index (χ3n) is 2.15. The molecular formula is C9H11BrS2. The third-order valence-corrected chi connectivity index (χ3v) is 5.22. The van der Waals surface area contributed by atoms with Crippen molar-refractivity contribution >= 4 is 39.0 Å². The fraction of sp³-hybridized carbons (Fsp3) is 0.556. The van der Waals surface area contributed by atoms with Crippen LogP contribution in [0.4, 0.5) is 0 Å². The van der Waals surface area contributed by atoms with Crippen LogP contribution >= 0.6 is 39.0 Å². The molecule has 0 nitrogen and oxygen atoms in total.